The van der Waals surface area contributed by atoms with Crippen molar-refractivity contribution in [3.63, 3.8) is 0 Å². The number of nitrogens with zero attached hydrogens (tertiary/aromatic N) is 1. The Morgan fingerprint density at radius 3 is 2.31 bits per heavy atom. The van der Waals surface area contributed by atoms with Gasteiger partial charge in [0.15, 0.2) is 5.69 Å². The van der Waals surface area contributed by atoms with Crippen molar-refractivity contribution in [2.45, 2.75) is 19.1 Å². The van der Waals surface area contributed by atoms with Crippen LogP contribution in [-0.2, 0) is 12.7 Å². The van der Waals surface area contributed by atoms with Crippen LogP contribution >= 0.6 is 15.9 Å². The Morgan fingerprint density at radius 1 is 1.38 bits per heavy atom. The Morgan fingerprint density at radius 2 is 1.94 bits per heavy atom. The lowest BCUT2D eigenvalue weighted by atomic mass is 10.1. The van der Waals surface area contributed by atoms with Gasteiger partial charge in [-0.2, -0.15) is 13.2 Å². The van der Waals surface area contributed by atoms with E-state index < -0.39 is 23.9 Å². The molecule has 16 heavy (non-hydrogen) atoms. The molecule has 0 spiro atoms. The minimum absolute atomic E-state index is 0.100. The number of pyridine rings is 1. The van der Waals surface area contributed by atoms with Gasteiger partial charge in [-0.25, -0.2) is 8.78 Å². The first-order chi connectivity index (χ1) is 7.29. The fraction of sp³-hybridized carbons (Fsp3) is 0.375. The first-order valence-corrected chi connectivity index (χ1v) is 4.81. The van der Waals surface area contributed by atoms with Crippen LogP contribution < -0.4 is 5.73 Å². The quantitative estimate of drug-likeness (QED) is 0.852. The summed E-state index contributed by atoms with van der Waals surface area (Å²) in [5.74, 6) is 0. The maximum atomic E-state index is 12.5. The molecule has 1 heterocycles. The lowest BCUT2D eigenvalue weighted by Gasteiger charge is -2.14. The Labute approximate surface area is 95.8 Å². The second-order valence-corrected chi connectivity index (χ2v) is 3.66. The zero-order chi connectivity index (χ0) is 12.5. The lowest BCUT2D eigenvalue weighted by molar-refractivity contribution is -0.143. The van der Waals surface area contributed by atoms with Crippen molar-refractivity contribution in [2.24, 2.45) is 5.73 Å². The molecule has 2 nitrogen and oxygen atoms in total. The Hall–Kier alpha value is -0.760. The van der Waals surface area contributed by atoms with Crippen molar-refractivity contribution < 1.29 is 22.0 Å². The number of nitrogens with two attached hydrogens (primary N) is 1. The van der Waals surface area contributed by atoms with Gasteiger partial charge >= 0.3 is 6.18 Å². The first kappa shape index (κ1) is 13.3. The largest absolute Gasteiger partial charge is 0.433 e. The second kappa shape index (κ2) is 4.62. The minimum Gasteiger partial charge on any atom is -0.326 e. The SMILES string of the molecule is NCc1cnc(C(F)(F)F)c(C(F)F)c1Br. The molecule has 1 aromatic heterocycles. The topological polar surface area (TPSA) is 38.9 Å². The van der Waals surface area contributed by atoms with Gasteiger partial charge < -0.3 is 5.73 Å². The molecule has 0 aliphatic rings. The van der Waals surface area contributed by atoms with Crippen molar-refractivity contribution in [3.05, 3.63) is 27.5 Å². The van der Waals surface area contributed by atoms with Crippen molar-refractivity contribution >= 4 is 15.9 Å². The summed E-state index contributed by atoms with van der Waals surface area (Å²) in [5.41, 5.74) is 2.52. The molecule has 0 fully saturated rings. The maximum absolute atomic E-state index is 12.5. The van der Waals surface area contributed by atoms with Gasteiger partial charge in [0.05, 0.1) is 5.56 Å². The van der Waals surface area contributed by atoms with Crippen molar-refractivity contribution in [1.29, 1.82) is 0 Å². The summed E-state index contributed by atoms with van der Waals surface area (Å²) in [7, 11) is 0. The van der Waals surface area contributed by atoms with Crippen LogP contribution in [0.15, 0.2) is 10.7 Å². The molecule has 8 heteroatoms. The number of rotatable bonds is 2. The van der Waals surface area contributed by atoms with Crippen LogP contribution in [0.1, 0.15) is 23.2 Å². The molecule has 0 bridgehead atoms. The van der Waals surface area contributed by atoms with Gasteiger partial charge in [0, 0.05) is 17.2 Å². The normalized spacial score (nSPS) is 12.2. The molecule has 1 aromatic rings. The van der Waals surface area contributed by atoms with Gasteiger partial charge in [-0.15, -0.1) is 0 Å². The predicted octanol–water partition coefficient (Wildman–Crippen LogP) is 3.26. The number of halogens is 6. The van der Waals surface area contributed by atoms with Crippen LogP contribution in [0.4, 0.5) is 22.0 Å². The molecular weight excluding hydrogens is 299 g/mol. The zero-order valence-corrected chi connectivity index (χ0v) is 9.24. The van der Waals surface area contributed by atoms with E-state index in [1.807, 2.05) is 0 Å². The molecule has 0 aromatic carbocycles. The summed E-state index contributed by atoms with van der Waals surface area (Å²) in [6, 6.07) is 0. The molecule has 2 N–H and O–H groups in total. The van der Waals surface area contributed by atoms with E-state index in [2.05, 4.69) is 20.9 Å². The van der Waals surface area contributed by atoms with E-state index >= 15 is 0 Å². The van der Waals surface area contributed by atoms with Crippen molar-refractivity contribution in [3.8, 4) is 0 Å². The summed E-state index contributed by atoms with van der Waals surface area (Å²) in [6.45, 7) is -0.175. The average Bonchev–Trinajstić information content (AvgIpc) is 2.15. The highest BCUT2D eigenvalue weighted by atomic mass is 79.9. The minimum atomic E-state index is -4.92. The number of hydrogen-bond donors (Lipinski definition) is 1. The van der Waals surface area contributed by atoms with E-state index in [1.54, 1.807) is 0 Å². The van der Waals surface area contributed by atoms with Gasteiger partial charge in [-0.05, 0) is 21.5 Å². The second-order valence-electron chi connectivity index (χ2n) is 2.86. The van der Waals surface area contributed by atoms with Crippen LogP contribution in [0.2, 0.25) is 0 Å². The van der Waals surface area contributed by atoms with Crippen LogP contribution in [0, 0.1) is 0 Å². The standard InChI is InChI=1S/C8H6BrF5N2/c9-5-3(1-15)2-16-6(8(12,13)14)4(5)7(10)11/h2,7H,1,15H2. The highest BCUT2D eigenvalue weighted by Crippen LogP contribution is 2.39. The van der Waals surface area contributed by atoms with Crippen molar-refractivity contribution in [1.82, 2.24) is 4.98 Å². The van der Waals surface area contributed by atoms with E-state index in [0.29, 0.717) is 0 Å². The van der Waals surface area contributed by atoms with Crippen LogP contribution in [0.25, 0.3) is 0 Å². The molecule has 0 aliphatic carbocycles. The Balaban J connectivity index is 3.47. The third kappa shape index (κ3) is 2.49. The Kier molecular flexibility index (Phi) is 3.84. The molecule has 0 saturated carbocycles. The molecule has 0 aliphatic heterocycles. The smallest absolute Gasteiger partial charge is 0.326 e. The number of aromatic nitrogens is 1. The fourth-order valence-corrected chi connectivity index (χ4v) is 1.74. The van der Waals surface area contributed by atoms with E-state index in [9.17, 15) is 22.0 Å². The van der Waals surface area contributed by atoms with Gasteiger partial charge in [0.2, 0.25) is 0 Å². The summed E-state index contributed by atoms with van der Waals surface area (Å²) in [6.07, 6.45) is -7.36. The molecule has 0 saturated heterocycles. The summed E-state index contributed by atoms with van der Waals surface area (Å²) >= 11 is 2.69. The average molecular weight is 305 g/mol. The fourth-order valence-electron chi connectivity index (χ4n) is 1.11. The molecule has 0 radical (unpaired) electrons. The van der Waals surface area contributed by atoms with Crippen LogP contribution in [0.5, 0.6) is 0 Å². The van der Waals surface area contributed by atoms with Gasteiger partial charge in [-0.3, -0.25) is 4.98 Å². The molecule has 1 rings (SSSR count). The van der Waals surface area contributed by atoms with E-state index in [0.717, 1.165) is 6.20 Å². The predicted molar refractivity (Wildman–Crippen MR) is 49.8 cm³/mol. The number of alkyl halides is 5. The summed E-state index contributed by atoms with van der Waals surface area (Å²) in [4.78, 5) is 2.99. The van der Waals surface area contributed by atoms with E-state index in [1.165, 1.54) is 0 Å². The third-order valence-electron chi connectivity index (χ3n) is 1.83. The van der Waals surface area contributed by atoms with Crippen LogP contribution in [0.3, 0.4) is 0 Å². The van der Waals surface area contributed by atoms with Gasteiger partial charge in [0.1, 0.15) is 0 Å². The first-order valence-electron chi connectivity index (χ1n) is 4.01. The molecule has 90 valence electrons. The number of hydrogen-bond acceptors (Lipinski definition) is 2. The lowest BCUT2D eigenvalue weighted by Crippen LogP contribution is -2.15. The summed E-state index contributed by atoms with van der Waals surface area (Å²) < 4.78 is 61.8. The highest BCUT2D eigenvalue weighted by Gasteiger charge is 2.39. The van der Waals surface area contributed by atoms with E-state index in [-0.39, 0.29) is 16.6 Å². The van der Waals surface area contributed by atoms with Gasteiger partial charge in [-0.1, -0.05) is 0 Å². The molecule has 0 amide bonds. The molecular formula is C8H6BrF5N2. The van der Waals surface area contributed by atoms with Crippen LogP contribution in [-0.4, -0.2) is 4.98 Å². The summed E-state index contributed by atoms with van der Waals surface area (Å²) in [5, 5.41) is 0. The Bertz CT molecular complexity index is 391. The molecule has 0 atom stereocenters. The molecule has 0 unspecified atom stereocenters. The van der Waals surface area contributed by atoms with Gasteiger partial charge in [0.25, 0.3) is 6.43 Å². The maximum Gasteiger partial charge on any atom is 0.433 e. The van der Waals surface area contributed by atoms with E-state index in [4.69, 9.17) is 5.73 Å². The third-order valence-corrected chi connectivity index (χ3v) is 2.77. The highest BCUT2D eigenvalue weighted by molar-refractivity contribution is 9.10. The monoisotopic (exact) mass is 304 g/mol. The zero-order valence-electron chi connectivity index (χ0n) is 7.65. The van der Waals surface area contributed by atoms with Crippen molar-refractivity contribution in [2.75, 3.05) is 0 Å².